The molecule has 0 N–H and O–H groups in total. The topological polar surface area (TPSA) is 9.23 Å². The highest BCUT2D eigenvalue weighted by atomic mass is 32.2. The molecule has 3 fully saturated rings. The minimum atomic E-state index is 0.166. The lowest BCUT2D eigenvalue weighted by molar-refractivity contribution is -0.0676. The largest absolute Gasteiger partial charge is 0.359 e. The Kier molecular flexibility index (Phi) is 4.65. The van der Waals surface area contributed by atoms with Gasteiger partial charge in [0.15, 0.2) is 0 Å². The molecule has 1 aliphatic heterocycles. The van der Waals surface area contributed by atoms with Crippen molar-refractivity contribution in [2.24, 2.45) is 16.7 Å². The fourth-order valence-electron chi connectivity index (χ4n) is 5.94. The van der Waals surface area contributed by atoms with Crippen molar-refractivity contribution >= 4 is 23.5 Å². The summed E-state index contributed by atoms with van der Waals surface area (Å²) >= 11 is 3.95. The molecule has 1 nitrogen and oxygen atoms in total. The Bertz CT molecular complexity index is 885. The molecule has 2 aromatic carbocycles. The summed E-state index contributed by atoms with van der Waals surface area (Å²) in [6.07, 6.45) is 4.45. The van der Waals surface area contributed by atoms with Crippen LogP contribution in [0.15, 0.2) is 52.3 Å². The zero-order chi connectivity index (χ0) is 19.5. The minimum Gasteiger partial charge on any atom is -0.359 e. The zero-order valence-corrected chi connectivity index (χ0v) is 19.0. The van der Waals surface area contributed by atoms with E-state index >= 15 is 0 Å². The summed E-state index contributed by atoms with van der Waals surface area (Å²) in [4.78, 5) is 2.73. The lowest BCUT2D eigenvalue weighted by Gasteiger charge is -2.47. The smallest absolute Gasteiger partial charge is 0.129 e. The molecule has 0 amide bonds. The standard InChI is InChI=1S/C25H30OS2/c1-16-8-7-9-17(2)22(16)28-20-11-6-5-10-19(20)23-26-21-14-18-12-13-25(21,15-27-23)24(18,3)4/h5-11,18,21,23H,12-15H2,1-4H3/t18-,21-,23-,25-/m1/s1. The maximum Gasteiger partial charge on any atom is 0.129 e. The van der Waals surface area contributed by atoms with Crippen LogP contribution < -0.4 is 0 Å². The Morgan fingerprint density at radius 2 is 1.79 bits per heavy atom. The Balaban J connectivity index is 1.43. The van der Waals surface area contributed by atoms with Crippen molar-refractivity contribution in [1.29, 1.82) is 0 Å². The van der Waals surface area contributed by atoms with Gasteiger partial charge in [0.2, 0.25) is 0 Å². The van der Waals surface area contributed by atoms with Crippen LogP contribution in [0, 0.1) is 30.6 Å². The first-order chi connectivity index (χ1) is 13.4. The van der Waals surface area contributed by atoms with Crippen molar-refractivity contribution in [3.8, 4) is 0 Å². The van der Waals surface area contributed by atoms with E-state index in [1.165, 1.54) is 51.5 Å². The SMILES string of the molecule is Cc1cccc(C)c1Sc1ccccc1[C@@H]1O[C@@H]2C[C@H]3CC[C@]2(CS1)C3(C)C. The number of thioether (sulfide) groups is 1. The normalized spacial score (nSPS) is 33.1. The Morgan fingerprint density at radius 1 is 1.04 bits per heavy atom. The van der Waals surface area contributed by atoms with Gasteiger partial charge in [-0.2, -0.15) is 0 Å². The lowest BCUT2D eigenvalue weighted by Crippen LogP contribution is -2.45. The molecule has 0 radical (unpaired) electrons. The highest BCUT2D eigenvalue weighted by molar-refractivity contribution is 8.00. The molecule has 3 heteroatoms. The molecular weight excluding hydrogens is 380 g/mol. The van der Waals surface area contributed by atoms with Crippen molar-refractivity contribution in [2.45, 2.75) is 68.3 Å². The molecule has 4 atom stereocenters. The van der Waals surface area contributed by atoms with Crippen LogP contribution in [-0.2, 0) is 4.74 Å². The van der Waals surface area contributed by atoms with Gasteiger partial charge in [-0.3, -0.25) is 0 Å². The number of ether oxygens (including phenoxy) is 1. The first kappa shape index (κ1) is 19.1. The van der Waals surface area contributed by atoms with Crippen LogP contribution in [0.25, 0.3) is 0 Å². The van der Waals surface area contributed by atoms with Crippen molar-refractivity contribution in [3.05, 3.63) is 59.2 Å². The number of rotatable bonds is 3. The van der Waals surface area contributed by atoms with Gasteiger partial charge in [-0.1, -0.05) is 62.0 Å². The molecule has 2 aliphatic carbocycles. The van der Waals surface area contributed by atoms with Crippen LogP contribution >= 0.6 is 23.5 Å². The first-order valence-corrected chi connectivity index (χ1v) is 12.4. The number of aryl methyl sites for hydroxylation is 2. The van der Waals surface area contributed by atoms with E-state index in [0.717, 1.165) is 5.92 Å². The molecule has 28 heavy (non-hydrogen) atoms. The summed E-state index contributed by atoms with van der Waals surface area (Å²) in [7, 11) is 0. The van der Waals surface area contributed by atoms with Gasteiger partial charge in [-0.15, -0.1) is 11.8 Å². The number of fused-ring (bicyclic) bond motifs is 1. The highest BCUT2D eigenvalue weighted by Gasteiger charge is 2.66. The van der Waals surface area contributed by atoms with Crippen molar-refractivity contribution in [2.75, 3.05) is 5.75 Å². The second-order valence-corrected chi connectivity index (χ2v) is 11.6. The maximum absolute atomic E-state index is 6.85. The van der Waals surface area contributed by atoms with E-state index in [-0.39, 0.29) is 5.44 Å². The quantitative estimate of drug-likeness (QED) is 0.521. The van der Waals surface area contributed by atoms with Crippen LogP contribution in [0.4, 0.5) is 0 Å². The van der Waals surface area contributed by atoms with Crippen LogP contribution in [0.1, 0.15) is 55.2 Å². The van der Waals surface area contributed by atoms with Gasteiger partial charge in [0, 0.05) is 26.5 Å². The van der Waals surface area contributed by atoms with Gasteiger partial charge in [-0.25, -0.2) is 0 Å². The predicted molar refractivity (Wildman–Crippen MR) is 120 cm³/mol. The molecule has 0 aromatic heterocycles. The van der Waals surface area contributed by atoms with Crippen molar-refractivity contribution in [1.82, 2.24) is 0 Å². The fraction of sp³-hybridized carbons (Fsp3) is 0.520. The molecule has 2 aromatic rings. The van der Waals surface area contributed by atoms with E-state index in [2.05, 4.69) is 70.2 Å². The second-order valence-electron chi connectivity index (χ2n) is 9.48. The fourth-order valence-corrected chi connectivity index (χ4v) is 8.89. The van der Waals surface area contributed by atoms with Crippen LogP contribution in [-0.4, -0.2) is 11.9 Å². The molecule has 2 bridgehead atoms. The molecule has 0 unspecified atom stereocenters. The molecular formula is C25H30OS2. The zero-order valence-electron chi connectivity index (χ0n) is 17.3. The van der Waals surface area contributed by atoms with Gasteiger partial charge in [0.05, 0.1) is 6.10 Å². The van der Waals surface area contributed by atoms with E-state index in [0.29, 0.717) is 16.9 Å². The summed E-state index contributed by atoms with van der Waals surface area (Å²) < 4.78 is 6.85. The molecule has 5 rings (SSSR count). The van der Waals surface area contributed by atoms with Crippen LogP contribution in [0.3, 0.4) is 0 Å². The number of hydrogen-bond acceptors (Lipinski definition) is 3. The highest BCUT2D eigenvalue weighted by Crippen LogP contribution is 2.70. The van der Waals surface area contributed by atoms with Crippen LogP contribution in [0.5, 0.6) is 0 Å². The molecule has 148 valence electrons. The van der Waals surface area contributed by atoms with E-state index in [1.807, 2.05) is 23.5 Å². The maximum atomic E-state index is 6.85. The van der Waals surface area contributed by atoms with Gasteiger partial charge < -0.3 is 4.74 Å². The third kappa shape index (κ3) is 2.73. The van der Waals surface area contributed by atoms with Gasteiger partial charge in [0.25, 0.3) is 0 Å². The van der Waals surface area contributed by atoms with Gasteiger partial charge >= 0.3 is 0 Å². The molecule has 1 heterocycles. The van der Waals surface area contributed by atoms with E-state index in [4.69, 9.17) is 4.74 Å². The summed E-state index contributed by atoms with van der Waals surface area (Å²) in [6.45, 7) is 9.43. The first-order valence-electron chi connectivity index (χ1n) is 10.5. The van der Waals surface area contributed by atoms with Crippen molar-refractivity contribution in [3.63, 3.8) is 0 Å². The molecule has 1 saturated heterocycles. The summed E-state index contributed by atoms with van der Waals surface area (Å²) in [5.74, 6) is 2.09. The second kappa shape index (κ2) is 6.82. The summed E-state index contributed by atoms with van der Waals surface area (Å²) in [5, 5.41) is 0. The third-order valence-corrected chi connectivity index (χ3v) is 10.7. The van der Waals surface area contributed by atoms with Gasteiger partial charge in [0.1, 0.15) is 5.44 Å². The van der Waals surface area contributed by atoms with E-state index < -0.39 is 0 Å². The lowest BCUT2D eigenvalue weighted by atomic mass is 9.69. The Labute approximate surface area is 178 Å². The Hall–Kier alpha value is -0.900. The van der Waals surface area contributed by atoms with E-state index in [1.54, 1.807) is 0 Å². The van der Waals surface area contributed by atoms with Crippen LogP contribution in [0.2, 0.25) is 0 Å². The summed E-state index contributed by atoms with van der Waals surface area (Å²) in [5.41, 5.74) is 5.06. The predicted octanol–water partition coefficient (Wildman–Crippen LogP) is 7.41. The average Bonchev–Trinajstić information content (AvgIpc) is 3.06. The molecule has 1 spiro atoms. The third-order valence-electron chi connectivity index (χ3n) is 7.93. The molecule has 3 aliphatic rings. The van der Waals surface area contributed by atoms with E-state index in [9.17, 15) is 0 Å². The minimum absolute atomic E-state index is 0.166. The average molecular weight is 411 g/mol. The number of hydrogen-bond donors (Lipinski definition) is 0. The van der Waals surface area contributed by atoms with Crippen molar-refractivity contribution < 1.29 is 4.74 Å². The number of benzene rings is 2. The summed E-state index contributed by atoms with van der Waals surface area (Å²) in [6, 6.07) is 15.5. The Morgan fingerprint density at radius 3 is 2.54 bits per heavy atom. The van der Waals surface area contributed by atoms with Gasteiger partial charge in [-0.05, 0) is 61.6 Å². The monoisotopic (exact) mass is 410 g/mol. The molecule has 2 saturated carbocycles.